The molecule has 1 heterocycles. The van der Waals surface area contributed by atoms with Gasteiger partial charge in [-0.2, -0.15) is 5.26 Å². The molecule has 80 valence electrons. The Bertz CT molecular complexity index is 652. The van der Waals surface area contributed by atoms with Crippen LogP contribution in [0.2, 0.25) is 0 Å². The molecule has 0 bridgehead atoms. The van der Waals surface area contributed by atoms with E-state index in [1.807, 2.05) is 25.1 Å². The van der Waals surface area contributed by atoms with E-state index in [9.17, 15) is 4.79 Å². The second-order valence-electron chi connectivity index (χ2n) is 3.51. The molecule has 4 heteroatoms. The number of H-pyrrole nitrogens is 1. The molecule has 0 saturated carbocycles. The van der Waals surface area contributed by atoms with Crippen molar-refractivity contribution in [1.29, 1.82) is 5.26 Å². The highest BCUT2D eigenvalue weighted by atomic mass is 79.9. The van der Waals surface area contributed by atoms with Crippen molar-refractivity contribution >= 4 is 26.8 Å². The van der Waals surface area contributed by atoms with E-state index in [1.54, 1.807) is 6.07 Å². The number of nitrogens with zero attached hydrogens (tertiary/aromatic N) is 1. The lowest BCUT2D eigenvalue weighted by atomic mass is 10.1. The van der Waals surface area contributed by atoms with E-state index >= 15 is 0 Å². The lowest BCUT2D eigenvalue weighted by Crippen LogP contribution is -2.10. The molecule has 0 aliphatic carbocycles. The van der Waals surface area contributed by atoms with Crippen molar-refractivity contribution in [3.63, 3.8) is 0 Å². The molecule has 2 rings (SSSR count). The Hall–Kier alpha value is -1.60. The van der Waals surface area contributed by atoms with Crippen LogP contribution < -0.4 is 5.56 Å². The third-order valence-electron chi connectivity index (χ3n) is 2.50. The summed E-state index contributed by atoms with van der Waals surface area (Å²) in [5.74, 6) is 0. The number of fused-ring (bicyclic) bond motifs is 1. The number of nitriles is 1. The molecule has 1 aromatic carbocycles. The number of aromatic amines is 1. The average molecular weight is 277 g/mol. The molecule has 16 heavy (non-hydrogen) atoms. The van der Waals surface area contributed by atoms with Crippen LogP contribution in [-0.4, -0.2) is 4.98 Å². The summed E-state index contributed by atoms with van der Waals surface area (Å²) in [7, 11) is 0. The number of hydrogen-bond donors (Lipinski definition) is 1. The zero-order valence-electron chi connectivity index (χ0n) is 8.67. The molecule has 0 atom stereocenters. The third kappa shape index (κ3) is 1.74. The maximum Gasteiger partial charge on any atom is 0.266 e. The Morgan fingerprint density at radius 3 is 2.81 bits per heavy atom. The lowest BCUT2D eigenvalue weighted by molar-refractivity contribution is 1.13. The molecule has 3 nitrogen and oxygen atoms in total. The first kappa shape index (κ1) is 10.9. The molecule has 0 spiro atoms. The van der Waals surface area contributed by atoms with Gasteiger partial charge in [0.15, 0.2) is 0 Å². The van der Waals surface area contributed by atoms with Crippen LogP contribution >= 0.6 is 15.9 Å². The van der Waals surface area contributed by atoms with Crippen LogP contribution in [0.3, 0.4) is 0 Å². The van der Waals surface area contributed by atoms with Gasteiger partial charge in [-0.1, -0.05) is 22.9 Å². The van der Waals surface area contributed by atoms with Crippen molar-refractivity contribution < 1.29 is 0 Å². The van der Waals surface area contributed by atoms with Crippen LogP contribution in [0.1, 0.15) is 18.1 Å². The summed E-state index contributed by atoms with van der Waals surface area (Å²) < 4.78 is 0.952. The molecule has 0 aliphatic heterocycles. The molecule has 0 aliphatic rings. The quantitative estimate of drug-likeness (QED) is 0.871. The predicted molar refractivity (Wildman–Crippen MR) is 66.4 cm³/mol. The predicted octanol–water partition coefficient (Wildman–Crippen LogP) is 2.72. The first-order chi connectivity index (χ1) is 7.65. The summed E-state index contributed by atoms with van der Waals surface area (Å²) in [6.45, 7) is 2.03. The minimum Gasteiger partial charge on any atom is -0.321 e. The van der Waals surface area contributed by atoms with Crippen LogP contribution in [-0.2, 0) is 6.42 Å². The van der Waals surface area contributed by atoms with Crippen molar-refractivity contribution in [2.24, 2.45) is 0 Å². The largest absolute Gasteiger partial charge is 0.321 e. The lowest BCUT2D eigenvalue weighted by Gasteiger charge is -2.05. The van der Waals surface area contributed by atoms with Crippen LogP contribution in [0.15, 0.2) is 27.5 Å². The molecular formula is C12H9BrN2O. The van der Waals surface area contributed by atoms with Gasteiger partial charge in [-0.25, -0.2) is 0 Å². The number of benzene rings is 1. The van der Waals surface area contributed by atoms with Crippen molar-refractivity contribution in [3.05, 3.63) is 44.2 Å². The normalized spacial score (nSPS) is 10.3. The molecule has 2 aromatic rings. The van der Waals surface area contributed by atoms with Gasteiger partial charge in [0.2, 0.25) is 0 Å². The monoisotopic (exact) mass is 276 g/mol. The number of halogens is 1. The van der Waals surface area contributed by atoms with Crippen LogP contribution in [0.5, 0.6) is 0 Å². The van der Waals surface area contributed by atoms with Crippen molar-refractivity contribution in [2.45, 2.75) is 13.3 Å². The molecule has 0 fully saturated rings. The molecule has 0 saturated heterocycles. The molecule has 0 radical (unpaired) electrons. The number of aryl methyl sites for hydroxylation is 1. The Morgan fingerprint density at radius 2 is 2.19 bits per heavy atom. The Kier molecular flexibility index (Phi) is 2.80. The standard InChI is InChI=1S/C12H9BrN2O/c1-2-7-4-10(13)5-8-3-9(6-14)12(16)15-11(7)8/h3-5H,2H2,1H3,(H,15,16). The van der Waals surface area contributed by atoms with Crippen molar-refractivity contribution in [2.75, 3.05) is 0 Å². The number of nitrogens with one attached hydrogen (secondary N) is 1. The second-order valence-corrected chi connectivity index (χ2v) is 4.42. The van der Waals surface area contributed by atoms with Crippen LogP contribution in [0.4, 0.5) is 0 Å². The van der Waals surface area contributed by atoms with Gasteiger partial charge in [0.1, 0.15) is 11.6 Å². The van der Waals surface area contributed by atoms with Gasteiger partial charge < -0.3 is 4.98 Å². The third-order valence-corrected chi connectivity index (χ3v) is 2.96. The molecule has 1 aromatic heterocycles. The van der Waals surface area contributed by atoms with E-state index in [0.29, 0.717) is 0 Å². The van der Waals surface area contributed by atoms with Gasteiger partial charge in [0.25, 0.3) is 5.56 Å². The van der Waals surface area contributed by atoms with Crippen LogP contribution in [0, 0.1) is 11.3 Å². The minimum absolute atomic E-state index is 0.146. The SMILES string of the molecule is CCc1cc(Br)cc2cc(C#N)c(=O)[nH]c12. The summed E-state index contributed by atoms with van der Waals surface area (Å²) in [4.78, 5) is 14.3. The van der Waals surface area contributed by atoms with Gasteiger partial charge >= 0.3 is 0 Å². The van der Waals surface area contributed by atoms with Gasteiger partial charge in [0, 0.05) is 9.86 Å². The summed E-state index contributed by atoms with van der Waals surface area (Å²) in [6, 6.07) is 7.38. The Labute approximate surface area is 101 Å². The smallest absolute Gasteiger partial charge is 0.266 e. The van der Waals surface area contributed by atoms with Crippen molar-refractivity contribution in [3.8, 4) is 6.07 Å². The highest BCUT2D eigenvalue weighted by Crippen LogP contribution is 2.22. The van der Waals surface area contributed by atoms with Gasteiger partial charge in [-0.05, 0) is 30.2 Å². The molecule has 0 unspecified atom stereocenters. The van der Waals surface area contributed by atoms with E-state index in [0.717, 1.165) is 27.4 Å². The fourth-order valence-corrected chi connectivity index (χ4v) is 2.24. The maximum absolute atomic E-state index is 11.5. The molecule has 0 amide bonds. The zero-order valence-corrected chi connectivity index (χ0v) is 10.3. The number of pyridine rings is 1. The number of rotatable bonds is 1. The van der Waals surface area contributed by atoms with E-state index in [-0.39, 0.29) is 11.1 Å². The Morgan fingerprint density at radius 1 is 1.44 bits per heavy atom. The van der Waals surface area contributed by atoms with Crippen LogP contribution in [0.25, 0.3) is 10.9 Å². The maximum atomic E-state index is 11.5. The van der Waals surface area contributed by atoms with E-state index in [4.69, 9.17) is 5.26 Å². The topological polar surface area (TPSA) is 56.6 Å². The highest BCUT2D eigenvalue weighted by molar-refractivity contribution is 9.10. The Balaban J connectivity index is 2.91. The number of aromatic nitrogens is 1. The molecule has 1 N–H and O–H groups in total. The van der Waals surface area contributed by atoms with E-state index in [2.05, 4.69) is 20.9 Å². The average Bonchev–Trinajstić information content (AvgIpc) is 2.28. The van der Waals surface area contributed by atoms with Gasteiger partial charge in [0.05, 0.1) is 5.52 Å². The summed E-state index contributed by atoms with van der Waals surface area (Å²) in [6.07, 6.45) is 0.831. The summed E-state index contributed by atoms with van der Waals surface area (Å²) in [5.41, 5.74) is 1.69. The first-order valence-corrected chi connectivity index (χ1v) is 5.70. The van der Waals surface area contributed by atoms with E-state index in [1.165, 1.54) is 0 Å². The first-order valence-electron chi connectivity index (χ1n) is 4.91. The summed E-state index contributed by atoms with van der Waals surface area (Å²) in [5, 5.41) is 9.67. The zero-order chi connectivity index (χ0) is 11.7. The van der Waals surface area contributed by atoms with E-state index < -0.39 is 0 Å². The highest BCUT2D eigenvalue weighted by Gasteiger charge is 2.06. The second kappa shape index (κ2) is 4.11. The van der Waals surface area contributed by atoms with Gasteiger partial charge in [-0.3, -0.25) is 4.79 Å². The minimum atomic E-state index is -0.327. The number of hydrogen-bond acceptors (Lipinski definition) is 2. The molecular weight excluding hydrogens is 268 g/mol. The summed E-state index contributed by atoms with van der Waals surface area (Å²) >= 11 is 3.41. The van der Waals surface area contributed by atoms with Gasteiger partial charge in [-0.15, -0.1) is 0 Å². The fourth-order valence-electron chi connectivity index (χ4n) is 1.72. The van der Waals surface area contributed by atoms with Crippen molar-refractivity contribution in [1.82, 2.24) is 4.98 Å². The fraction of sp³-hybridized carbons (Fsp3) is 0.167.